The number of hydrogen-bond donors (Lipinski definition) is 2. The van der Waals surface area contributed by atoms with Crippen LogP contribution in [0.3, 0.4) is 0 Å². The third kappa shape index (κ3) is 3.93. The number of carbonyl (C=O) groups is 1. The smallest absolute Gasteiger partial charge is 0.260 e. The molecule has 1 unspecified atom stereocenters. The Hall–Kier alpha value is -1.23. The van der Waals surface area contributed by atoms with E-state index >= 15 is 0 Å². The molecule has 0 bridgehead atoms. The summed E-state index contributed by atoms with van der Waals surface area (Å²) in [7, 11) is 0. The zero-order valence-electron chi connectivity index (χ0n) is 10.00. The molecular weight excluding hydrogens is 284 g/mol. The van der Waals surface area contributed by atoms with Crippen molar-refractivity contribution in [3.63, 3.8) is 0 Å². The first kappa shape index (κ1) is 13.8. The number of carbonyl (C=O) groups excluding carboxylic acids is 1. The Balaban J connectivity index is 2.64. The number of ether oxygens (including phenoxy) is 1. The number of nitrogen functional groups attached to an aromatic ring is 1. The zero-order chi connectivity index (χ0) is 12.8. The molecule has 0 saturated heterocycles. The lowest BCUT2D eigenvalue weighted by Crippen LogP contribution is -2.36. The van der Waals surface area contributed by atoms with Crippen molar-refractivity contribution in [2.24, 2.45) is 0 Å². The summed E-state index contributed by atoms with van der Waals surface area (Å²) >= 11 is 3.33. The SMILES string of the molecule is CCCNC(=O)C(C)Oc1cccc(N)c1Br. The standard InChI is InChI=1S/C12H17BrN2O2/c1-3-7-15-12(16)8(2)17-10-6-4-5-9(14)11(10)13/h4-6,8H,3,7,14H2,1-2H3,(H,15,16). The average molecular weight is 301 g/mol. The van der Waals surface area contributed by atoms with Gasteiger partial charge < -0.3 is 15.8 Å². The fraction of sp³-hybridized carbons (Fsp3) is 0.417. The second-order valence-corrected chi connectivity index (χ2v) is 4.50. The van der Waals surface area contributed by atoms with Gasteiger partial charge in [0, 0.05) is 12.2 Å². The molecule has 1 aromatic rings. The van der Waals surface area contributed by atoms with Gasteiger partial charge in [-0.15, -0.1) is 0 Å². The molecule has 5 heteroatoms. The van der Waals surface area contributed by atoms with E-state index in [0.29, 0.717) is 22.5 Å². The molecule has 4 nitrogen and oxygen atoms in total. The molecule has 17 heavy (non-hydrogen) atoms. The first-order valence-corrected chi connectivity index (χ1v) is 6.34. The molecule has 3 N–H and O–H groups in total. The van der Waals surface area contributed by atoms with Crippen molar-refractivity contribution < 1.29 is 9.53 Å². The van der Waals surface area contributed by atoms with Crippen LogP contribution >= 0.6 is 15.9 Å². The number of nitrogens with two attached hydrogens (primary N) is 1. The molecule has 0 radical (unpaired) electrons. The fourth-order valence-electron chi connectivity index (χ4n) is 1.25. The summed E-state index contributed by atoms with van der Waals surface area (Å²) in [4.78, 5) is 11.6. The molecule has 0 aromatic heterocycles. The molecular formula is C12H17BrN2O2. The van der Waals surface area contributed by atoms with Gasteiger partial charge in [0.1, 0.15) is 5.75 Å². The van der Waals surface area contributed by atoms with Crippen LogP contribution in [0.15, 0.2) is 22.7 Å². The van der Waals surface area contributed by atoms with E-state index in [1.807, 2.05) is 6.92 Å². The molecule has 0 aliphatic carbocycles. The minimum Gasteiger partial charge on any atom is -0.480 e. The number of amides is 1. The highest BCUT2D eigenvalue weighted by Gasteiger charge is 2.15. The summed E-state index contributed by atoms with van der Waals surface area (Å²) in [5, 5.41) is 2.78. The second kappa shape index (κ2) is 6.49. The predicted molar refractivity (Wildman–Crippen MR) is 71.9 cm³/mol. The van der Waals surface area contributed by atoms with E-state index in [1.54, 1.807) is 25.1 Å². The monoisotopic (exact) mass is 300 g/mol. The van der Waals surface area contributed by atoms with E-state index in [4.69, 9.17) is 10.5 Å². The highest BCUT2D eigenvalue weighted by atomic mass is 79.9. The fourth-order valence-corrected chi connectivity index (χ4v) is 1.61. The van der Waals surface area contributed by atoms with Gasteiger partial charge >= 0.3 is 0 Å². The van der Waals surface area contributed by atoms with Gasteiger partial charge in [0.15, 0.2) is 6.10 Å². The highest BCUT2D eigenvalue weighted by molar-refractivity contribution is 9.10. The molecule has 1 rings (SSSR count). The number of anilines is 1. The van der Waals surface area contributed by atoms with Gasteiger partial charge in [-0.25, -0.2) is 0 Å². The maximum Gasteiger partial charge on any atom is 0.260 e. The van der Waals surface area contributed by atoms with Crippen molar-refractivity contribution in [2.75, 3.05) is 12.3 Å². The normalized spacial score (nSPS) is 11.9. The largest absolute Gasteiger partial charge is 0.480 e. The van der Waals surface area contributed by atoms with Gasteiger partial charge in [0.05, 0.1) is 4.47 Å². The lowest BCUT2D eigenvalue weighted by molar-refractivity contribution is -0.127. The van der Waals surface area contributed by atoms with Crippen LogP contribution in [0, 0.1) is 0 Å². The summed E-state index contributed by atoms with van der Waals surface area (Å²) in [6, 6.07) is 5.31. The minimum absolute atomic E-state index is 0.124. The Morgan fingerprint density at radius 1 is 1.59 bits per heavy atom. The minimum atomic E-state index is -0.542. The molecule has 0 heterocycles. The summed E-state index contributed by atoms with van der Waals surface area (Å²) in [6.45, 7) is 4.37. The molecule has 1 atom stereocenters. The third-order valence-electron chi connectivity index (χ3n) is 2.22. The van der Waals surface area contributed by atoms with Crippen LogP contribution in [0.1, 0.15) is 20.3 Å². The molecule has 0 fully saturated rings. The van der Waals surface area contributed by atoms with E-state index < -0.39 is 6.10 Å². The Morgan fingerprint density at radius 3 is 2.94 bits per heavy atom. The van der Waals surface area contributed by atoms with Crippen LogP contribution in [-0.2, 0) is 4.79 Å². The molecule has 94 valence electrons. The summed E-state index contributed by atoms with van der Waals surface area (Å²) < 4.78 is 6.22. The summed E-state index contributed by atoms with van der Waals surface area (Å²) in [5.74, 6) is 0.449. The van der Waals surface area contributed by atoms with E-state index in [-0.39, 0.29) is 5.91 Å². The quantitative estimate of drug-likeness (QED) is 0.820. The van der Waals surface area contributed by atoms with Crippen LogP contribution in [0.25, 0.3) is 0 Å². The lowest BCUT2D eigenvalue weighted by Gasteiger charge is -2.16. The first-order valence-electron chi connectivity index (χ1n) is 5.54. The Kier molecular flexibility index (Phi) is 5.28. The summed E-state index contributed by atoms with van der Waals surface area (Å²) in [6.07, 6.45) is 0.361. The molecule has 1 amide bonds. The number of rotatable bonds is 5. The van der Waals surface area contributed by atoms with Crippen LogP contribution in [0.5, 0.6) is 5.75 Å². The lowest BCUT2D eigenvalue weighted by atomic mass is 10.3. The highest BCUT2D eigenvalue weighted by Crippen LogP contribution is 2.30. The average Bonchev–Trinajstić information content (AvgIpc) is 2.31. The second-order valence-electron chi connectivity index (χ2n) is 3.71. The maximum absolute atomic E-state index is 11.6. The van der Waals surface area contributed by atoms with E-state index in [2.05, 4.69) is 21.2 Å². The van der Waals surface area contributed by atoms with Crippen molar-refractivity contribution in [1.82, 2.24) is 5.32 Å². The first-order chi connectivity index (χ1) is 8.06. The number of halogens is 1. The van der Waals surface area contributed by atoms with Crippen molar-refractivity contribution in [2.45, 2.75) is 26.4 Å². The van der Waals surface area contributed by atoms with Gasteiger partial charge in [0.25, 0.3) is 5.91 Å². The van der Waals surface area contributed by atoms with Gasteiger partial charge in [-0.05, 0) is 41.4 Å². The Morgan fingerprint density at radius 2 is 2.29 bits per heavy atom. The number of hydrogen-bond acceptors (Lipinski definition) is 3. The molecule has 0 saturated carbocycles. The van der Waals surface area contributed by atoms with E-state index in [9.17, 15) is 4.79 Å². The van der Waals surface area contributed by atoms with E-state index in [0.717, 1.165) is 6.42 Å². The molecule has 1 aromatic carbocycles. The van der Waals surface area contributed by atoms with Crippen molar-refractivity contribution in [1.29, 1.82) is 0 Å². The Bertz CT molecular complexity index is 396. The van der Waals surface area contributed by atoms with E-state index in [1.165, 1.54) is 0 Å². The van der Waals surface area contributed by atoms with Crippen LogP contribution < -0.4 is 15.8 Å². The topological polar surface area (TPSA) is 64.3 Å². The zero-order valence-corrected chi connectivity index (χ0v) is 11.6. The number of nitrogens with one attached hydrogen (secondary N) is 1. The van der Waals surface area contributed by atoms with Crippen molar-refractivity contribution >= 4 is 27.5 Å². The van der Waals surface area contributed by atoms with Crippen LogP contribution in [-0.4, -0.2) is 18.6 Å². The van der Waals surface area contributed by atoms with Crippen molar-refractivity contribution in [3.05, 3.63) is 22.7 Å². The predicted octanol–water partition coefficient (Wildman–Crippen LogP) is 2.32. The van der Waals surface area contributed by atoms with Gasteiger partial charge in [-0.2, -0.15) is 0 Å². The maximum atomic E-state index is 11.6. The van der Waals surface area contributed by atoms with Crippen LogP contribution in [0.2, 0.25) is 0 Å². The summed E-state index contributed by atoms with van der Waals surface area (Å²) in [5.41, 5.74) is 6.31. The Labute approximate surface area is 110 Å². The van der Waals surface area contributed by atoms with Gasteiger partial charge in [-0.3, -0.25) is 4.79 Å². The van der Waals surface area contributed by atoms with Gasteiger partial charge in [0.2, 0.25) is 0 Å². The van der Waals surface area contributed by atoms with Crippen LogP contribution in [0.4, 0.5) is 5.69 Å². The number of benzene rings is 1. The molecule has 0 aliphatic rings. The molecule has 0 aliphatic heterocycles. The third-order valence-corrected chi connectivity index (χ3v) is 3.06. The molecule has 0 spiro atoms. The van der Waals surface area contributed by atoms with Gasteiger partial charge in [-0.1, -0.05) is 13.0 Å². The van der Waals surface area contributed by atoms with Crippen molar-refractivity contribution in [3.8, 4) is 5.75 Å².